The molecular weight excluding hydrogens is 648 g/mol. The summed E-state index contributed by atoms with van der Waals surface area (Å²) in [5.74, 6) is -2.42. The first-order chi connectivity index (χ1) is 21.9. The number of esters is 2. The van der Waals surface area contributed by atoms with Crippen molar-refractivity contribution in [1.82, 2.24) is 19.5 Å². The average molecular weight is 685 g/mol. The van der Waals surface area contributed by atoms with Crippen LogP contribution in [0.25, 0.3) is 21.6 Å². The highest BCUT2D eigenvalue weighted by Crippen LogP contribution is 2.36. The number of aromatic nitrogens is 4. The fraction of sp³-hybridized carbons (Fsp3) is 0.667. The van der Waals surface area contributed by atoms with Gasteiger partial charge in [-0.1, -0.05) is 5.11 Å². The molecule has 3 rings (SSSR count). The van der Waals surface area contributed by atoms with Gasteiger partial charge in [0.15, 0.2) is 17.0 Å². The van der Waals surface area contributed by atoms with E-state index in [1.54, 1.807) is 41.5 Å². The zero-order valence-corrected chi connectivity index (χ0v) is 27.8. The molecule has 19 nitrogen and oxygen atoms in total. The van der Waals surface area contributed by atoms with Crippen LogP contribution in [0.15, 0.2) is 11.4 Å². The van der Waals surface area contributed by atoms with Crippen molar-refractivity contribution in [1.29, 1.82) is 0 Å². The number of azide groups is 1. The van der Waals surface area contributed by atoms with Crippen molar-refractivity contribution in [2.75, 3.05) is 24.7 Å². The van der Waals surface area contributed by atoms with E-state index in [-0.39, 0.29) is 24.4 Å². The van der Waals surface area contributed by atoms with Crippen molar-refractivity contribution >= 4 is 52.7 Å². The van der Waals surface area contributed by atoms with Gasteiger partial charge in [-0.05, 0) is 72.5 Å². The number of halogens is 1. The van der Waals surface area contributed by atoms with Crippen molar-refractivity contribution in [3.63, 3.8) is 0 Å². The number of hydrogen-bond acceptors (Lipinski definition) is 15. The fourth-order valence-corrected chi connectivity index (χ4v) is 4.38. The number of aliphatic hydroxyl groups is 1. The van der Waals surface area contributed by atoms with Gasteiger partial charge in [0, 0.05) is 4.91 Å². The van der Waals surface area contributed by atoms with Gasteiger partial charge in [-0.2, -0.15) is 14.9 Å². The van der Waals surface area contributed by atoms with E-state index in [0.717, 1.165) is 0 Å². The largest absolute Gasteiger partial charge is 0.464 e. The molecule has 1 aliphatic heterocycles. The Morgan fingerprint density at radius 1 is 1.06 bits per heavy atom. The normalized spacial score (nSPS) is 19.6. The van der Waals surface area contributed by atoms with Crippen LogP contribution < -0.4 is 4.90 Å². The molecule has 1 N–H and O–H groups in total. The molecule has 2 aromatic rings. The van der Waals surface area contributed by atoms with Crippen molar-refractivity contribution in [3.8, 4) is 0 Å². The van der Waals surface area contributed by atoms with Gasteiger partial charge in [-0.3, -0.25) is 4.57 Å². The van der Waals surface area contributed by atoms with Crippen molar-refractivity contribution in [2.24, 2.45) is 5.11 Å². The van der Waals surface area contributed by atoms with E-state index in [2.05, 4.69) is 25.0 Å². The van der Waals surface area contributed by atoms with Gasteiger partial charge in [0.25, 0.3) is 6.10 Å². The first-order valence-corrected chi connectivity index (χ1v) is 14.8. The van der Waals surface area contributed by atoms with E-state index in [9.17, 15) is 29.8 Å². The third-order valence-corrected chi connectivity index (χ3v) is 6.13. The first kappa shape index (κ1) is 37.2. The Kier molecular flexibility index (Phi) is 11.9. The van der Waals surface area contributed by atoms with Crippen LogP contribution >= 0.6 is 11.6 Å². The Morgan fingerprint density at radius 2 is 1.62 bits per heavy atom. The van der Waals surface area contributed by atoms with E-state index in [4.69, 9.17) is 40.0 Å². The number of nitrogens with zero attached hydrogens (tertiary/aromatic N) is 8. The number of hydrogen-bond donors (Lipinski definition) is 1. The number of amides is 2. The number of aliphatic hydroxyl groups excluding tert-OH is 1. The minimum absolute atomic E-state index is 0.0406. The number of fused-ring (bicyclic) bond motifs is 1. The quantitative estimate of drug-likeness (QED) is 0.0715. The fourth-order valence-electron chi connectivity index (χ4n) is 4.22. The van der Waals surface area contributed by atoms with Crippen LogP contribution in [-0.2, 0) is 38.0 Å². The lowest BCUT2D eigenvalue weighted by molar-refractivity contribution is -0.177. The van der Waals surface area contributed by atoms with Crippen LogP contribution in [0.2, 0.25) is 5.28 Å². The second kappa shape index (κ2) is 15.1. The molecule has 1 fully saturated rings. The maximum Gasteiger partial charge on any atom is 0.425 e. The third kappa shape index (κ3) is 9.17. The summed E-state index contributed by atoms with van der Waals surface area (Å²) < 4.78 is 33.3. The highest BCUT2D eigenvalue weighted by molar-refractivity contribution is 6.29. The molecule has 0 radical (unpaired) electrons. The minimum atomic E-state index is -1.78. The lowest BCUT2D eigenvalue weighted by Gasteiger charge is -2.28. The number of carbonyl (C=O) groups is 4. The van der Waals surface area contributed by atoms with Crippen LogP contribution in [0.5, 0.6) is 0 Å². The molecule has 20 heteroatoms. The second-order valence-electron chi connectivity index (χ2n) is 11.9. The van der Waals surface area contributed by atoms with E-state index in [1.165, 1.54) is 24.7 Å². The Hall–Kier alpha value is -4.29. The van der Waals surface area contributed by atoms with Gasteiger partial charge >= 0.3 is 24.1 Å². The maximum absolute atomic E-state index is 13.3. The predicted molar refractivity (Wildman–Crippen MR) is 161 cm³/mol. The zero-order chi connectivity index (χ0) is 35.3. The molecule has 258 valence electrons. The molecule has 0 bridgehead atoms. The molecule has 0 aromatic carbocycles. The standard InChI is InChI=1S/C27H37ClN8O11/c1-9-42-21(38)17(22(39)43-10-2)44-11-13-16(37)14(33-34-29)20(45-13)35-12-30-15-18(35)31-23(28)32-19(15)36(24(40)46-26(3,4)5)25(41)47-27(6,7)8/h12-14,16-17,20,37H,9-11H2,1-8H3/t13-,14-,16-,20-/m1/s1. The lowest BCUT2D eigenvalue weighted by Crippen LogP contribution is -2.44. The van der Waals surface area contributed by atoms with Gasteiger partial charge in [0.2, 0.25) is 5.28 Å². The number of imidazole rings is 1. The van der Waals surface area contributed by atoms with E-state index < -0.39 is 83.6 Å². The summed E-state index contributed by atoms with van der Waals surface area (Å²) in [4.78, 5) is 67.1. The topological polar surface area (TPSA) is 239 Å². The molecule has 0 saturated carbocycles. The number of carbonyl (C=O) groups excluding carboxylic acids is 4. The van der Waals surface area contributed by atoms with Gasteiger partial charge in [0.1, 0.15) is 29.6 Å². The second-order valence-corrected chi connectivity index (χ2v) is 12.2. The smallest absolute Gasteiger partial charge is 0.425 e. The van der Waals surface area contributed by atoms with E-state index in [0.29, 0.717) is 4.90 Å². The molecule has 47 heavy (non-hydrogen) atoms. The molecule has 4 atom stereocenters. The molecule has 3 heterocycles. The molecule has 0 unspecified atom stereocenters. The van der Waals surface area contributed by atoms with Gasteiger partial charge in [-0.15, -0.1) is 0 Å². The molecule has 0 spiro atoms. The number of imide groups is 1. The van der Waals surface area contributed by atoms with Gasteiger partial charge < -0.3 is 33.5 Å². The third-order valence-electron chi connectivity index (χ3n) is 5.96. The number of rotatable bonds is 10. The Labute approximate surface area is 274 Å². The molecule has 1 saturated heterocycles. The molecule has 2 amide bonds. The minimum Gasteiger partial charge on any atom is -0.464 e. The maximum atomic E-state index is 13.3. The van der Waals surface area contributed by atoms with Gasteiger partial charge in [-0.25, -0.2) is 24.2 Å². The summed E-state index contributed by atoms with van der Waals surface area (Å²) in [6.45, 7) is 12.0. The van der Waals surface area contributed by atoms with Gasteiger partial charge in [0.05, 0.1) is 32.3 Å². The predicted octanol–water partition coefficient (Wildman–Crippen LogP) is 3.60. The van der Waals surface area contributed by atoms with Crippen molar-refractivity contribution < 1.29 is 52.7 Å². The Balaban J connectivity index is 2.05. The molecule has 1 aliphatic rings. The van der Waals surface area contributed by atoms with Crippen molar-refractivity contribution in [3.05, 3.63) is 22.1 Å². The molecule has 2 aromatic heterocycles. The van der Waals surface area contributed by atoms with Crippen LogP contribution in [-0.4, -0.2) is 104 Å². The highest BCUT2D eigenvalue weighted by atomic mass is 35.5. The van der Waals surface area contributed by atoms with Crippen LogP contribution in [0.4, 0.5) is 15.4 Å². The first-order valence-electron chi connectivity index (χ1n) is 14.4. The van der Waals surface area contributed by atoms with E-state index >= 15 is 0 Å². The average Bonchev–Trinajstić information content (AvgIpc) is 3.48. The Morgan fingerprint density at radius 3 is 2.11 bits per heavy atom. The zero-order valence-electron chi connectivity index (χ0n) is 27.1. The monoisotopic (exact) mass is 684 g/mol. The Bertz CT molecular complexity index is 1490. The highest BCUT2D eigenvalue weighted by Gasteiger charge is 2.46. The SMILES string of the molecule is CCOC(=O)C(OC[C@H]1O[C@@H](n2cnc3c(N(C(=O)OC(C)(C)C)C(=O)OC(C)(C)C)nc(Cl)nc32)[C@H](N=[N+]=[N-])[C@@H]1O)C(=O)OCC. The number of anilines is 1. The summed E-state index contributed by atoms with van der Waals surface area (Å²) in [6.07, 6.45) is -7.02. The van der Waals surface area contributed by atoms with Crippen LogP contribution in [0.1, 0.15) is 61.6 Å². The van der Waals surface area contributed by atoms with Crippen LogP contribution in [0.3, 0.4) is 0 Å². The summed E-state index contributed by atoms with van der Waals surface area (Å²) in [7, 11) is 0. The van der Waals surface area contributed by atoms with Crippen LogP contribution in [0, 0.1) is 0 Å². The summed E-state index contributed by atoms with van der Waals surface area (Å²) in [5.41, 5.74) is 6.96. The molecular formula is C27H37ClN8O11. The number of ether oxygens (including phenoxy) is 6. The summed E-state index contributed by atoms with van der Waals surface area (Å²) in [6, 6.07) is -1.33. The van der Waals surface area contributed by atoms with Crippen molar-refractivity contribution in [2.45, 2.75) is 97.2 Å². The molecule has 0 aliphatic carbocycles. The summed E-state index contributed by atoms with van der Waals surface area (Å²) in [5, 5.41) is 14.3. The van der Waals surface area contributed by atoms with E-state index in [1.807, 2.05) is 0 Å². The lowest BCUT2D eigenvalue weighted by atomic mass is 10.1. The summed E-state index contributed by atoms with van der Waals surface area (Å²) >= 11 is 6.26.